The molecule has 0 N–H and O–H groups in total. The van der Waals surface area contributed by atoms with Gasteiger partial charge in [-0.2, -0.15) is 0 Å². The minimum atomic E-state index is -0.329. The molecule has 2 aliphatic rings. The molecule has 2 fully saturated rings. The molecule has 0 aliphatic heterocycles. The summed E-state index contributed by atoms with van der Waals surface area (Å²) in [5.74, 6) is 1.26. The van der Waals surface area contributed by atoms with E-state index in [1.165, 1.54) is 38.5 Å². The molecule has 2 saturated carbocycles. The van der Waals surface area contributed by atoms with Gasteiger partial charge in [0.2, 0.25) is 0 Å². The summed E-state index contributed by atoms with van der Waals surface area (Å²) >= 11 is 12.2. The summed E-state index contributed by atoms with van der Waals surface area (Å²) in [6.45, 7) is 0. The lowest BCUT2D eigenvalue weighted by atomic mass is 10.0. The lowest BCUT2D eigenvalue weighted by Crippen LogP contribution is -1.90. The molecule has 0 aromatic carbocycles. The molecule has 0 aromatic rings. The van der Waals surface area contributed by atoms with Gasteiger partial charge in [0.05, 0.1) is 0 Å². The Balaban J connectivity index is 1.95. The van der Waals surface area contributed by atoms with Crippen molar-refractivity contribution >= 4 is 23.2 Å². The van der Waals surface area contributed by atoms with Crippen molar-refractivity contribution in [2.24, 2.45) is 11.8 Å². The molecule has 2 heteroatoms. The van der Waals surface area contributed by atoms with Crippen molar-refractivity contribution in [3.05, 3.63) is 0 Å². The highest BCUT2D eigenvalue weighted by atomic mass is 35.5. The van der Waals surface area contributed by atoms with Crippen molar-refractivity contribution in [1.82, 2.24) is 0 Å². The molecule has 0 unspecified atom stereocenters. The summed E-state index contributed by atoms with van der Waals surface area (Å²) in [6.07, 6.45) is 7.96. The van der Waals surface area contributed by atoms with Crippen molar-refractivity contribution < 1.29 is 0 Å². The highest BCUT2D eigenvalue weighted by molar-refractivity contribution is 6.51. The third-order valence-corrected chi connectivity index (χ3v) is 4.27. The summed E-state index contributed by atoms with van der Waals surface area (Å²) < 4.78 is -0.329. The summed E-state index contributed by atoms with van der Waals surface area (Å²) in [6, 6.07) is 0. The van der Waals surface area contributed by atoms with E-state index in [2.05, 4.69) is 0 Å². The highest BCUT2D eigenvalue weighted by Gasteiger charge is 2.61. The fourth-order valence-corrected chi connectivity index (χ4v) is 3.25. The van der Waals surface area contributed by atoms with Gasteiger partial charge in [0.15, 0.2) is 0 Å². The van der Waals surface area contributed by atoms with Crippen LogP contribution in [0.1, 0.15) is 38.5 Å². The van der Waals surface area contributed by atoms with Crippen molar-refractivity contribution in [3.63, 3.8) is 0 Å². The van der Waals surface area contributed by atoms with Crippen LogP contribution in [0.2, 0.25) is 0 Å². The second-order valence-corrected chi connectivity index (χ2v) is 5.32. The average Bonchev–Trinajstić information content (AvgIpc) is 2.29. The van der Waals surface area contributed by atoms with Crippen LogP contribution in [0.15, 0.2) is 0 Å². The standard InChI is InChI=1S/C9H14Cl2/c10-9(11)7-5-3-1-2-4-6-8(7)9/h7-8H,1-6H2/t7-,8+. The molecule has 2 rings (SSSR count). The fraction of sp³-hybridized carbons (Fsp3) is 1.00. The monoisotopic (exact) mass is 192 g/mol. The maximum atomic E-state index is 6.12. The van der Waals surface area contributed by atoms with Crippen LogP contribution in [0.4, 0.5) is 0 Å². The van der Waals surface area contributed by atoms with Crippen molar-refractivity contribution in [2.45, 2.75) is 42.9 Å². The minimum Gasteiger partial charge on any atom is -0.101 e. The molecule has 0 radical (unpaired) electrons. The number of hydrogen-bond donors (Lipinski definition) is 0. The zero-order chi connectivity index (χ0) is 7.90. The van der Waals surface area contributed by atoms with Crippen LogP contribution in [-0.4, -0.2) is 4.33 Å². The van der Waals surface area contributed by atoms with E-state index in [0.29, 0.717) is 11.8 Å². The van der Waals surface area contributed by atoms with E-state index in [-0.39, 0.29) is 4.33 Å². The van der Waals surface area contributed by atoms with Gasteiger partial charge in [0.1, 0.15) is 4.33 Å². The Kier molecular flexibility index (Phi) is 2.09. The topological polar surface area (TPSA) is 0 Å². The van der Waals surface area contributed by atoms with Gasteiger partial charge in [0, 0.05) is 0 Å². The quantitative estimate of drug-likeness (QED) is 0.514. The maximum absolute atomic E-state index is 6.12. The fourth-order valence-electron chi connectivity index (χ4n) is 2.33. The Labute approximate surface area is 78.3 Å². The number of rotatable bonds is 0. The third kappa shape index (κ3) is 1.40. The molecule has 0 bridgehead atoms. The Bertz CT molecular complexity index is 138. The van der Waals surface area contributed by atoms with E-state index < -0.39 is 0 Å². The van der Waals surface area contributed by atoms with Crippen molar-refractivity contribution in [2.75, 3.05) is 0 Å². The van der Waals surface area contributed by atoms with Gasteiger partial charge in [-0.05, 0) is 24.7 Å². The van der Waals surface area contributed by atoms with Crippen molar-refractivity contribution in [1.29, 1.82) is 0 Å². The first kappa shape index (κ1) is 8.19. The molecule has 0 nitrogen and oxygen atoms in total. The van der Waals surface area contributed by atoms with Crippen LogP contribution in [0.5, 0.6) is 0 Å². The van der Waals surface area contributed by atoms with E-state index in [1.807, 2.05) is 0 Å². The van der Waals surface area contributed by atoms with Gasteiger partial charge < -0.3 is 0 Å². The first-order chi connectivity index (χ1) is 5.23. The molecular weight excluding hydrogens is 179 g/mol. The Morgan fingerprint density at radius 1 is 0.818 bits per heavy atom. The molecule has 0 aromatic heterocycles. The number of halogens is 2. The third-order valence-electron chi connectivity index (χ3n) is 3.15. The Hall–Kier alpha value is 0.580. The Morgan fingerprint density at radius 3 is 1.73 bits per heavy atom. The lowest BCUT2D eigenvalue weighted by Gasteiger charge is -2.04. The number of alkyl halides is 2. The lowest BCUT2D eigenvalue weighted by molar-refractivity contribution is 0.485. The molecule has 0 spiro atoms. The van der Waals surface area contributed by atoms with Crippen LogP contribution in [0.3, 0.4) is 0 Å². The zero-order valence-electron chi connectivity index (χ0n) is 6.65. The SMILES string of the molecule is ClC1(Cl)[C@@H]2CCCCCC[C@@H]21. The first-order valence-electron chi connectivity index (χ1n) is 4.61. The molecular formula is C9H14Cl2. The van der Waals surface area contributed by atoms with Gasteiger partial charge in [0.25, 0.3) is 0 Å². The predicted octanol–water partition coefficient (Wildman–Crippen LogP) is 3.76. The minimum absolute atomic E-state index is 0.329. The largest absolute Gasteiger partial charge is 0.124 e. The Morgan fingerprint density at radius 2 is 1.27 bits per heavy atom. The molecule has 0 heterocycles. The number of hydrogen-bond acceptors (Lipinski definition) is 0. The van der Waals surface area contributed by atoms with Crippen LogP contribution >= 0.6 is 23.2 Å². The molecule has 2 atom stereocenters. The van der Waals surface area contributed by atoms with Gasteiger partial charge in [-0.1, -0.05) is 25.7 Å². The van der Waals surface area contributed by atoms with Gasteiger partial charge >= 0.3 is 0 Å². The van der Waals surface area contributed by atoms with Gasteiger partial charge in [-0.15, -0.1) is 23.2 Å². The molecule has 64 valence electrons. The van der Waals surface area contributed by atoms with E-state index in [9.17, 15) is 0 Å². The second kappa shape index (κ2) is 2.81. The van der Waals surface area contributed by atoms with Crippen LogP contribution < -0.4 is 0 Å². The van der Waals surface area contributed by atoms with E-state index in [4.69, 9.17) is 23.2 Å². The van der Waals surface area contributed by atoms with Crippen LogP contribution in [0.25, 0.3) is 0 Å². The summed E-state index contributed by atoms with van der Waals surface area (Å²) in [5.41, 5.74) is 0. The van der Waals surface area contributed by atoms with E-state index in [0.717, 1.165) is 0 Å². The summed E-state index contributed by atoms with van der Waals surface area (Å²) in [5, 5.41) is 0. The van der Waals surface area contributed by atoms with E-state index in [1.54, 1.807) is 0 Å². The van der Waals surface area contributed by atoms with Gasteiger partial charge in [-0.25, -0.2) is 0 Å². The normalized spacial score (nSPS) is 42.0. The van der Waals surface area contributed by atoms with Crippen molar-refractivity contribution in [3.8, 4) is 0 Å². The smallest absolute Gasteiger partial charge is 0.101 e. The second-order valence-electron chi connectivity index (χ2n) is 3.88. The highest BCUT2D eigenvalue weighted by Crippen LogP contribution is 2.63. The number of fused-ring (bicyclic) bond motifs is 1. The predicted molar refractivity (Wildman–Crippen MR) is 49.1 cm³/mol. The average molecular weight is 193 g/mol. The summed E-state index contributed by atoms with van der Waals surface area (Å²) in [7, 11) is 0. The molecule has 11 heavy (non-hydrogen) atoms. The maximum Gasteiger partial charge on any atom is 0.124 e. The molecule has 0 amide bonds. The first-order valence-corrected chi connectivity index (χ1v) is 5.36. The molecule has 2 aliphatic carbocycles. The summed E-state index contributed by atoms with van der Waals surface area (Å²) in [4.78, 5) is 0. The molecule has 0 saturated heterocycles. The van der Waals surface area contributed by atoms with E-state index >= 15 is 0 Å². The zero-order valence-corrected chi connectivity index (χ0v) is 8.17. The van der Waals surface area contributed by atoms with Gasteiger partial charge in [-0.3, -0.25) is 0 Å². The van der Waals surface area contributed by atoms with Crippen LogP contribution in [-0.2, 0) is 0 Å². The van der Waals surface area contributed by atoms with Crippen LogP contribution in [0, 0.1) is 11.8 Å².